The van der Waals surface area contributed by atoms with Crippen LogP contribution in [0.15, 0.2) is 0 Å². The number of carbonyl (C=O) groups is 2. The van der Waals surface area contributed by atoms with E-state index >= 15 is 0 Å². The van der Waals surface area contributed by atoms with E-state index in [9.17, 15) is 9.59 Å². The fourth-order valence-corrected chi connectivity index (χ4v) is 2.03. The van der Waals surface area contributed by atoms with Crippen molar-refractivity contribution in [1.29, 1.82) is 0 Å². The number of anilines is 2. The van der Waals surface area contributed by atoms with Crippen LogP contribution in [-0.4, -0.2) is 36.6 Å². The quantitative estimate of drug-likeness (QED) is 0.447. The van der Waals surface area contributed by atoms with Crippen LogP contribution in [0.3, 0.4) is 0 Å². The number of nitrogen functional groups attached to an aromatic ring is 1. The second-order valence-electron chi connectivity index (χ2n) is 3.31. The van der Waals surface area contributed by atoms with Crippen LogP contribution >= 0.6 is 11.3 Å². The molecular weight excluding hydrogens is 256 g/mol. The maximum atomic E-state index is 11.7. The second-order valence-corrected chi connectivity index (χ2v) is 4.31. The van der Waals surface area contributed by atoms with E-state index in [1.54, 1.807) is 0 Å². The van der Waals surface area contributed by atoms with Crippen LogP contribution in [0.5, 0.6) is 0 Å². The zero-order valence-electron chi connectivity index (χ0n) is 9.95. The molecule has 7 N–H and O–H groups in total. The van der Waals surface area contributed by atoms with E-state index in [4.69, 9.17) is 11.5 Å². The molecule has 0 atom stereocenters. The van der Waals surface area contributed by atoms with E-state index in [1.165, 1.54) is 11.3 Å². The highest BCUT2D eigenvalue weighted by Crippen LogP contribution is 2.24. The summed E-state index contributed by atoms with van der Waals surface area (Å²) in [7, 11) is 0. The fraction of sp³-hybridized carbons (Fsp3) is 0.444. The van der Waals surface area contributed by atoms with E-state index in [0.717, 1.165) is 0 Å². The zero-order valence-corrected chi connectivity index (χ0v) is 10.8. The van der Waals surface area contributed by atoms with Crippen LogP contribution in [0.4, 0.5) is 15.7 Å². The lowest BCUT2D eigenvalue weighted by Crippen LogP contribution is -2.37. The van der Waals surface area contributed by atoms with Crippen LogP contribution in [0.1, 0.15) is 16.6 Å². The first-order valence-corrected chi connectivity index (χ1v) is 6.18. The Labute approximate surface area is 108 Å². The number of nitrogens with two attached hydrogens (primary N) is 2. The molecule has 18 heavy (non-hydrogen) atoms. The van der Waals surface area contributed by atoms with Crippen molar-refractivity contribution in [3.63, 3.8) is 0 Å². The van der Waals surface area contributed by atoms with Crippen LogP contribution in [0, 0.1) is 0 Å². The molecule has 0 radical (unpaired) electrons. The Balaban J connectivity index is 2.48. The summed E-state index contributed by atoms with van der Waals surface area (Å²) in [4.78, 5) is 26.5. The van der Waals surface area contributed by atoms with Gasteiger partial charge in [0.25, 0.3) is 5.91 Å². The summed E-state index contributed by atoms with van der Waals surface area (Å²) in [5, 5.41) is 8.55. The average molecular weight is 272 g/mol. The lowest BCUT2D eigenvalue weighted by atomic mass is 10.4. The van der Waals surface area contributed by atoms with Gasteiger partial charge in [-0.15, -0.1) is 0 Å². The lowest BCUT2D eigenvalue weighted by molar-refractivity contribution is 0.0958. The Morgan fingerprint density at radius 3 is 2.61 bits per heavy atom. The van der Waals surface area contributed by atoms with Crippen molar-refractivity contribution in [2.45, 2.75) is 6.92 Å². The van der Waals surface area contributed by atoms with Crippen LogP contribution in [0.2, 0.25) is 0 Å². The molecule has 0 aliphatic carbocycles. The number of hydrogen-bond acceptors (Lipinski definition) is 6. The molecule has 0 unspecified atom stereocenters. The van der Waals surface area contributed by atoms with Crippen molar-refractivity contribution in [2.24, 2.45) is 5.73 Å². The van der Waals surface area contributed by atoms with Gasteiger partial charge < -0.3 is 27.4 Å². The predicted molar refractivity (Wildman–Crippen MR) is 70.6 cm³/mol. The molecule has 1 aromatic rings. The maximum Gasteiger partial charge on any atom is 0.312 e. The summed E-state index contributed by atoms with van der Waals surface area (Å²) in [6.45, 7) is 3.17. The number of nitrogens with one attached hydrogen (secondary N) is 3. The smallest absolute Gasteiger partial charge is 0.312 e. The molecule has 0 spiro atoms. The highest BCUT2D eigenvalue weighted by Gasteiger charge is 2.15. The molecule has 8 nitrogen and oxygen atoms in total. The van der Waals surface area contributed by atoms with Gasteiger partial charge in [0.2, 0.25) is 0 Å². The molecule has 100 valence electrons. The normalized spacial score (nSPS) is 9.83. The Morgan fingerprint density at radius 1 is 1.33 bits per heavy atom. The molecule has 0 aliphatic rings. The van der Waals surface area contributed by atoms with Gasteiger partial charge >= 0.3 is 6.03 Å². The Kier molecular flexibility index (Phi) is 5.18. The van der Waals surface area contributed by atoms with Crippen molar-refractivity contribution in [1.82, 2.24) is 15.6 Å². The topological polar surface area (TPSA) is 135 Å². The van der Waals surface area contributed by atoms with Gasteiger partial charge in [0.15, 0.2) is 5.13 Å². The second kappa shape index (κ2) is 6.64. The summed E-state index contributed by atoms with van der Waals surface area (Å²) in [5.74, 6) is -0.128. The molecule has 0 aliphatic heterocycles. The van der Waals surface area contributed by atoms with Crippen molar-refractivity contribution in [3.8, 4) is 0 Å². The largest absolute Gasteiger partial charge is 0.382 e. The van der Waals surface area contributed by atoms with Crippen LogP contribution in [0.25, 0.3) is 0 Å². The van der Waals surface area contributed by atoms with Crippen molar-refractivity contribution in [2.75, 3.05) is 30.7 Å². The summed E-state index contributed by atoms with van der Waals surface area (Å²) in [6.07, 6.45) is 0. The highest BCUT2D eigenvalue weighted by atomic mass is 32.1. The number of primary amides is 1. The van der Waals surface area contributed by atoms with Gasteiger partial charge in [-0.3, -0.25) is 4.79 Å². The van der Waals surface area contributed by atoms with E-state index in [0.29, 0.717) is 16.6 Å². The number of urea groups is 1. The van der Waals surface area contributed by atoms with Crippen molar-refractivity contribution < 1.29 is 9.59 Å². The highest BCUT2D eigenvalue weighted by molar-refractivity contribution is 7.18. The first-order valence-electron chi connectivity index (χ1n) is 5.36. The third-order valence-electron chi connectivity index (χ3n) is 1.90. The van der Waals surface area contributed by atoms with Gasteiger partial charge in [-0.05, 0) is 6.92 Å². The summed E-state index contributed by atoms with van der Waals surface area (Å²) in [6, 6.07) is -0.629. The van der Waals surface area contributed by atoms with E-state index < -0.39 is 6.03 Å². The van der Waals surface area contributed by atoms with E-state index in [2.05, 4.69) is 20.9 Å². The van der Waals surface area contributed by atoms with Gasteiger partial charge in [-0.1, -0.05) is 11.3 Å². The van der Waals surface area contributed by atoms with Crippen molar-refractivity contribution in [3.05, 3.63) is 4.88 Å². The Hall–Kier alpha value is -2.03. The molecule has 0 bridgehead atoms. The first-order chi connectivity index (χ1) is 8.54. The number of hydrogen-bond donors (Lipinski definition) is 5. The number of aromatic nitrogens is 1. The third-order valence-corrected chi connectivity index (χ3v) is 2.93. The Bertz CT molecular complexity index is 433. The zero-order chi connectivity index (χ0) is 13.5. The van der Waals surface area contributed by atoms with Crippen molar-refractivity contribution >= 4 is 34.2 Å². The molecule has 0 saturated carbocycles. The van der Waals surface area contributed by atoms with Gasteiger partial charge in [0.1, 0.15) is 10.7 Å². The standard InChI is InChI=1S/C9H16N6O2S/c1-2-12-9-15-6(10)5(18-9)7(16)13-3-4-14-8(11)17/h2-4,10H2,1H3,(H,12,15)(H,13,16)(H3,11,14,17). The Morgan fingerprint density at radius 2 is 2.00 bits per heavy atom. The third kappa shape index (κ3) is 4.09. The molecule has 0 fully saturated rings. The molecule has 1 rings (SSSR count). The minimum atomic E-state index is -0.629. The molecule has 9 heteroatoms. The SMILES string of the molecule is CCNc1nc(N)c(C(=O)NCCNC(N)=O)s1. The molecule has 1 heterocycles. The first kappa shape index (κ1) is 14.0. The van der Waals surface area contributed by atoms with Crippen LogP contribution < -0.4 is 27.4 Å². The minimum Gasteiger partial charge on any atom is -0.382 e. The summed E-state index contributed by atoms with van der Waals surface area (Å²) < 4.78 is 0. The van der Waals surface area contributed by atoms with Gasteiger partial charge in [0, 0.05) is 19.6 Å². The monoisotopic (exact) mass is 272 g/mol. The predicted octanol–water partition coefficient (Wildman–Crippen LogP) is -0.445. The number of rotatable bonds is 6. The minimum absolute atomic E-state index is 0.191. The average Bonchev–Trinajstić information content (AvgIpc) is 2.66. The molecule has 1 aromatic heterocycles. The molecule has 3 amide bonds. The number of carbonyl (C=O) groups excluding carboxylic acids is 2. The maximum absolute atomic E-state index is 11.7. The summed E-state index contributed by atoms with van der Waals surface area (Å²) >= 11 is 1.19. The fourth-order valence-electron chi connectivity index (χ4n) is 1.16. The van der Waals surface area contributed by atoms with E-state index in [-0.39, 0.29) is 24.8 Å². The van der Waals surface area contributed by atoms with Gasteiger partial charge in [0.05, 0.1) is 0 Å². The lowest BCUT2D eigenvalue weighted by Gasteiger charge is -2.03. The number of thiazole rings is 1. The number of amides is 3. The molecule has 0 aromatic carbocycles. The number of nitrogens with zero attached hydrogens (tertiary/aromatic N) is 1. The van der Waals surface area contributed by atoms with Gasteiger partial charge in [-0.25, -0.2) is 9.78 Å². The van der Waals surface area contributed by atoms with Gasteiger partial charge in [-0.2, -0.15) is 0 Å². The molecular formula is C9H16N6O2S. The van der Waals surface area contributed by atoms with E-state index in [1.807, 2.05) is 6.92 Å². The molecule has 0 saturated heterocycles. The van der Waals surface area contributed by atoms with Crippen LogP contribution in [-0.2, 0) is 0 Å². The summed E-state index contributed by atoms with van der Waals surface area (Å²) in [5.41, 5.74) is 10.5.